The van der Waals surface area contributed by atoms with Gasteiger partial charge in [-0.05, 0) is 18.8 Å². The van der Waals surface area contributed by atoms with E-state index in [1.54, 1.807) is 11.3 Å². The molecule has 0 saturated carbocycles. The van der Waals surface area contributed by atoms with Crippen molar-refractivity contribution in [1.29, 1.82) is 0 Å². The van der Waals surface area contributed by atoms with Gasteiger partial charge in [-0.3, -0.25) is 0 Å². The van der Waals surface area contributed by atoms with E-state index >= 15 is 0 Å². The van der Waals surface area contributed by atoms with Crippen molar-refractivity contribution < 1.29 is 5.11 Å². The highest BCUT2D eigenvalue weighted by atomic mass is 32.1. The van der Waals surface area contributed by atoms with E-state index in [1.807, 2.05) is 0 Å². The van der Waals surface area contributed by atoms with Crippen LogP contribution in [0.4, 0.5) is 5.13 Å². The van der Waals surface area contributed by atoms with Crippen molar-refractivity contribution in [2.24, 2.45) is 0 Å². The Morgan fingerprint density at radius 2 is 1.88 bits per heavy atom. The minimum atomic E-state index is 0.0991. The van der Waals surface area contributed by atoms with E-state index in [2.05, 4.69) is 44.6 Å². The standard InChI is InChI=1S/C13H24N2OS/c1-6-10(7-2)15(5)13-14-12(9(3)4)11(8-16)17-13/h9-10,16H,6-8H2,1-5H3. The van der Waals surface area contributed by atoms with Gasteiger partial charge < -0.3 is 10.0 Å². The highest BCUT2D eigenvalue weighted by molar-refractivity contribution is 7.15. The van der Waals surface area contributed by atoms with Gasteiger partial charge in [0.05, 0.1) is 17.2 Å². The summed E-state index contributed by atoms with van der Waals surface area (Å²) in [6, 6.07) is 0.535. The molecular formula is C13H24N2OS. The number of anilines is 1. The number of thiazole rings is 1. The lowest BCUT2D eigenvalue weighted by Gasteiger charge is -2.25. The van der Waals surface area contributed by atoms with Gasteiger partial charge in [0.25, 0.3) is 0 Å². The van der Waals surface area contributed by atoms with Crippen LogP contribution in [0.25, 0.3) is 0 Å². The number of hydrogen-bond donors (Lipinski definition) is 1. The summed E-state index contributed by atoms with van der Waals surface area (Å²) in [6.07, 6.45) is 2.25. The van der Waals surface area contributed by atoms with Crippen LogP contribution in [0.3, 0.4) is 0 Å². The molecule has 0 aromatic carbocycles. The molecule has 0 amide bonds. The van der Waals surface area contributed by atoms with Gasteiger partial charge in [-0.2, -0.15) is 0 Å². The summed E-state index contributed by atoms with van der Waals surface area (Å²) in [7, 11) is 2.10. The topological polar surface area (TPSA) is 36.4 Å². The van der Waals surface area contributed by atoms with E-state index in [9.17, 15) is 5.11 Å². The average Bonchev–Trinajstić information content (AvgIpc) is 2.74. The van der Waals surface area contributed by atoms with E-state index in [-0.39, 0.29) is 6.61 Å². The molecule has 0 bridgehead atoms. The summed E-state index contributed by atoms with van der Waals surface area (Å²) in [5, 5.41) is 10.4. The quantitative estimate of drug-likeness (QED) is 0.847. The molecule has 0 atom stereocenters. The number of aromatic nitrogens is 1. The number of aliphatic hydroxyl groups excluding tert-OH is 1. The molecule has 0 unspecified atom stereocenters. The Bertz CT molecular complexity index is 345. The molecule has 0 aliphatic carbocycles. The molecule has 3 nitrogen and oxygen atoms in total. The van der Waals surface area contributed by atoms with Gasteiger partial charge in [0.1, 0.15) is 0 Å². The third-order valence-corrected chi connectivity index (χ3v) is 4.35. The monoisotopic (exact) mass is 256 g/mol. The molecule has 1 rings (SSSR count). The van der Waals surface area contributed by atoms with Crippen LogP contribution in [0.2, 0.25) is 0 Å². The highest BCUT2D eigenvalue weighted by Gasteiger charge is 2.19. The zero-order chi connectivity index (χ0) is 13.0. The van der Waals surface area contributed by atoms with Gasteiger partial charge >= 0.3 is 0 Å². The lowest BCUT2D eigenvalue weighted by Crippen LogP contribution is -2.30. The fourth-order valence-corrected chi connectivity index (χ4v) is 3.17. The van der Waals surface area contributed by atoms with Crippen molar-refractivity contribution in [2.45, 2.75) is 59.1 Å². The van der Waals surface area contributed by atoms with Crippen molar-refractivity contribution in [2.75, 3.05) is 11.9 Å². The Hall–Kier alpha value is -0.610. The van der Waals surface area contributed by atoms with Crippen LogP contribution in [0, 0.1) is 0 Å². The van der Waals surface area contributed by atoms with E-state index in [0.717, 1.165) is 28.5 Å². The molecule has 1 N–H and O–H groups in total. The van der Waals surface area contributed by atoms with E-state index in [4.69, 9.17) is 0 Å². The number of rotatable bonds is 6. The summed E-state index contributed by atoms with van der Waals surface area (Å²) in [5.41, 5.74) is 1.05. The Kier molecular flexibility index (Phi) is 5.40. The molecule has 1 aromatic heterocycles. The summed E-state index contributed by atoms with van der Waals surface area (Å²) in [6.45, 7) is 8.75. The minimum Gasteiger partial charge on any atom is -0.391 e. The van der Waals surface area contributed by atoms with E-state index in [0.29, 0.717) is 12.0 Å². The second-order valence-corrected chi connectivity index (χ2v) is 5.76. The zero-order valence-electron chi connectivity index (χ0n) is 11.5. The van der Waals surface area contributed by atoms with Gasteiger partial charge in [-0.1, -0.05) is 39.0 Å². The van der Waals surface area contributed by atoms with Crippen molar-refractivity contribution in [3.63, 3.8) is 0 Å². The van der Waals surface area contributed by atoms with Gasteiger partial charge in [-0.15, -0.1) is 0 Å². The Morgan fingerprint density at radius 1 is 1.29 bits per heavy atom. The third-order valence-electron chi connectivity index (χ3n) is 3.20. The van der Waals surface area contributed by atoms with Gasteiger partial charge in [0.2, 0.25) is 0 Å². The molecule has 0 fully saturated rings. The Labute approximate surface area is 108 Å². The van der Waals surface area contributed by atoms with Gasteiger partial charge in [-0.25, -0.2) is 4.98 Å². The van der Waals surface area contributed by atoms with E-state index in [1.165, 1.54) is 0 Å². The molecule has 0 saturated heterocycles. The predicted molar refractivity (Wildman–Crippen MR) is 74.9 cm³/mol. The third kappa shape index (κ3) is 3.19. The molecule has 17 heavy (non-hydrogen) atoms. The van der Waals surface area contributed by atoms with Crippen molar-refractivity contribution in [1.82, 2.24) is 4.98 Å². The molecule has 0 spiro atoms. The van der Waals surface area contributed by atoms with E-state index < -0.39 is 0 Å². The fraction of sp³-hybridized carbons (Fsp3) is 0.769. The second-order valence-electron chi connectivity index (χ2n) is 4.70. The van der Waals surface area contributed by atoms with Gasteiger partial charge in [0.15, 0.2) is 5.13 Å². The molecule has 98 valence electrons. The maximum Gasteiger partial charge on any atom is 0.185 e. The SMILES string of the molecule is CCC(CC)N(C)c1nc(C(C)C)c(CO)s1. The number of aliphatic hydroxyl groups is 1. The first kappa shape index (κ1) is 14.5. The maximum absolute atomic E-state index is 9.37. The predicted octanol–water partition coefficient (Wildman–Crippen LogP) is 3.38. The van der Waals surface area contributed by atoms with Crippen LogP contribution < -0.4 is 4.90 Å². The molecule has 1 heterocycles. The molecule has 0 aliphatic heterocycles. The first-order valence-corrected chi connectivity index (χ1v) is 7.19. The summed E-state index contributed by atoms with van der Waals surface area (Å²) in [4.78, 5) is 7.93. The molecule has 0 radical (unpaired) electrons. The van der Waals surface area contributed by atoms with Crippen molar-refractivity contribution in [3.05, 3.63) is 10.6 Å². The average molecular weight is 256 g/mol. The van der Waals surface area contributed by atoms with Crippen LogP contribution in [0.5, 0.6) is 0 Å². The first-order valence-electron chi connectivity index (χ1n) is 6.38. The lowest BCUT2D eigenvalue weighted by molar-refractivity contribution is 0.283. The number of hydrogen-bond acceptors (Lipinski definition) is 4. The second kappa shape index (κ2) is 6.36. The van der Waals surface area contributed by atoms with Crippen molar-refractivity contribution >= 4 is 16.5 Å². The maximum atomic E-state index is 9.37. The Morgan fingerprint density at radius 3 is 2.24 bits per heavy atom. The normalized spacial score (nSPS) is 11.5. The molecule has 0 aliphatic rings. The summed E-state index contributed by atoms with van der Waals surface area (Å²) >= 11 is 1.62. The molecular weight excluding hydrogens is 232 g/mol. The zero-order valence-corrected chi connectivity index (χ0v) is 12.3. The van der Waals surface area contributed by atoms with Crippen LogP contribution >= 0.6 is 11.3 Å². The number of nitrogens with zero attached hydrogens (tertiary/aromatic N) is 2. The lowest BCUT2D eigenvalue weighted by atomic mass is 10.1. The van der Waals surface area contributed by atoms with Crippen LogP contribution in [-0.2, 0) is 6.61 Å². The molecule has 1 aromatic rings. The van der Waals surface area contributed by atoms with Crippen molar-refractivity contribution in [3.8, 4) is 0 Å². The highest BCUT2D eigenvalue weighted by Crippen LogP contribution is 2.31. The smallest absolute Gasteiger partial charge is 0.185 e. The fourth-order valence-electron chi connectivity index (χ4n) is 2.06. The first-order chi connectivity index (χ1) is 8.04. The summed E-state index contributed by atoms with van der Waals surface area (Å²) in [5.74, 6) is 0.372. The van der Waals surface area contributed by atoms with Crippen LogP contribution in [0.1, 0.15) is 57.0 Å². The summed E-state index contributed by atoms with van der Waals surface area (Å²) < 4.78 is 0. The largest absolute Gasteiger partial charge is 0.391 e. The minimum absolute atomic E-state index is 0.0991. The van der Waals surface area contributed by atoms with Crippen LogP contribution in [-0.4, -0.2) is 23.2 Å². The van der Waals surface area contributed by atoms with Gasteiger partial charge in [0, 0.05) is 13.1 Å². The molecule has 4 heteroatoms. The van der Waals surface area contributed by atoms with Crippen LogP contribution in [0.15, 0.2) is 0 Å². The Balaban J connectivity index is 2.98.